The largest absolute Gasteiger partial charge is 0.393 e. The van der Waals surface area contributed by atoms with Gasteiger partial charge in [-0.05, 0) is 129 Å². The second kappa shape index (κ2) is 41.9. The Balaban J connectivity index is 3.96. The lowest BCUT2D eigenvalue weighted by Gasteiger charge is -2.27. The highest BCUT2D eigenvalue weighted by Gasteiger charge is 2.38. The Morgan fingerprint density at radius 3 is 1.72 bits per heavy atom. The normalized spacial score (nSPS) is 23.2. The third-order valence-electron chi connectivity index (χ3n) is 15.6. The minimum Gasteiger partial charge on any atom is -0.393 e. The minimum atomic E-state index is -1.65. The van der Waals surface area contributed by atoms with E-state index in [2.05, 4.69) is 64.2 Å². The number of nitrogens with two attached hydrogens (primary N) is 5. The molecule has 0 aliphatic carbocycles. The molecule has 488 valence electrons. The summed E-state index contributed by atoms with van der Waals surface area (Å²) >= 11 is 0. The first kappa shape index (κ1) is 77.9. The van der Waals surface area contributed by atoms with Crippen molar-refractivity contribution in [2.75, 3.05) is 39.3 Å². The number of allylic oxidation sites excluding steroid dienone is 3. The first-order valence-corrected chi connectivity index (χ1v) is 30.7. The molecular weight excluding hydrogens is 1110 g/mol. The summed E-state index contributed by atoms with van der Waals surface area (Å²) in [5.41, 5.74) is 30.7. The third kappa shape index (κ3) is 28.6. The number of hydrogen-bond acceptors (Lipinski definition) is 18. The van der Waals surface area contributed by atoms with Crippen molar-refractivity contribution in [1.82, 2.24) is 37.2 Å². The number of nitrogens with one attached hydrogen (secondary N) is 7. The number of ketones is 4. The van der Waals surface area contributed by atoms with Gasteiger partial charge in [-0.25, -0.2) is 0 Å². The van der Waals surface area contributed by atoms with E-state index >= 15 is 0 Å². The molecule has 1 saturated heterocycles. The third-order valence-corrected chi connectivity index (χ3v) is 15.6. The van der Waals surface area contributed by atoms with E-state index in [9.17, 15) is 63.0 Å². The lowest BCUT2D eigenvalue weighted by molar-refractivity contribution is -0.137. The van der Waals surface area contributed by atoms with Gasteiger partial charge < -0.3 is 76.1 Å². The Morgan fingerprint density at radius 2 is 1.20 bits per heavy atom. The average Bonchev–Trinajstić information content (AvgIpc) is 3.45. The molecule has 25 heteroatoms. The van der Waals surface area contributed by atoms with Gasteiger partial charge in [-0.2, -0.15) is 0 Å². The molecule has 7 amide bonds. The van der Waals surface area contributed by atoms with Gasteiger partial charge in [0.05, 0.1) is 36.3 Å². The van der Waals surface area contributed by atoms with Crippen molar-refractivity contribution in [3.8, 4) is 0 Å². The molecule has 1 fully saturated rings. The summed E-state index contributed by atoms with van der Waals surface area (Å²) in [6, 6.07) is -8.10. The van der Waals surface area contributed by atoms with Crippen LogP contribution in [0, 0.1) is 35.5 Å². The standard InChI is InChI=1S/C61H106N12O13/c1-10-14-40(36(5)6)30-49-52(78)33-43(29-35(3)4)57(82)70-47(20-26-65)59(84)71-48(21-27-66)60(85)73-55(39(9)75)61(86)67-28-22-41(50(76)32-42(17-23-62)56(81)72-49)31-51(77)46(19-25-64)69-58(83)44(38(8)74)34-53(79)45(18-24-63)68-54(80)16-13-12-15-37(7)11-2/h10,14,35,37-39,41-49,55,74-75H,1,5,11-13,15-34,62-66H2,2-4,6-9H3,(H,67,86)(H,68,80)(H,69,83)(H,70,82)(H,71,84)(H,72,81)(H,73,85)/b40-14-/t37-,38?,39?,41+,42+,43+,44-,45-,46-,47-,48-,49+,55-/m0/s1. The van der Waals surface area contributed by atoms with Crippen molar-refractivity contribution >= 4 is 64.5 Å². The Labute approximate surface area is 508 Å². The molecule has 0 radical (unpaired) electrons. The first-order valence-electron chi connectivity index (χ1n) is 30.7. The van der Waals surface area contributed by atoms with Crippen LogP contribution in [0.25, 0.3) is 0 Å². The molecule has 19 N–H and O–H groups in total. The summed E-state index contributed by atoms with van der Waals surface area (Å²) in [6.07, 6.45) is 0.913. The highest BCUT2D eigenvalue weighted by Crippen LogP contribution is 2.25. The maximum absolute atomic E-state index is 14.8. The van der Waals surface area contributed by atoms with Crippen molar-refractivity contribution < 1.29 is 63.0 Å². The van der Waals surface area contributed by atoms with E-state index in [1.54, 1.807) is 13.0 Å². The maximum atomic E-state index is 14.8. The van der Waals surface area contributed by atoms with Crippen molar-refractivity contribution in [1.29, 1.82) is 0 Å². The Kier molecular flexibility index (Phi) is 38.0. The van der Waals surface area contributed by atoms with Crippen LogP contribution in [0.3, 0.4) is 0 Å². The Hall–Kier alpha value is -6.09. The van der Waals surface area contributed by atoms with Gasteiger partial charge >= 0.3 is 0 Å². The molecule has 1 heterocycles. The fourth-order valence-corrected chi connectivity index (χ4v) is 10.1. The Morgan fingerprint density at radius 1 is 0.651 bits per heavy atom. The van der Waals surface area contributed by atoms with Crippen molar-refractivity contribution in [2.45, 2.75) is 206 Å². The van der Waals surface area contributed by atoms with Crippen LogP contribution in [0.2, 0.25) is 0 Å². The van der Waals surface area contributed by atoms with Gasteiger partial charge in [-0.1, -0.05) is 77.8 Å². The van der Waals surface area contributed by atoms with Gasteiger partial charge in [0.15, 0.2) is 17.3 Å². The van der Waals surface area contributed by atoms with Gasteiger partial charge in [0.2, 0.25) is 41.4 Å². The molecule has 1 aliphatic rings. The smallest absolute Gasteiger partial charge is 0.245 e. The lowest BCUT2D eigenvalue weighted by atomic mass is 9.84. The summed E-state index contributed by atoms with van der Waals surface area (Å²) < 4.78 is 0. The van der Waals surface area contributed by atoms with E-state index in [-0.39, 0.29) is 109 Å². The monoisotopic (exact) mass is 1210 g/mol. The van der Waals surface area contributed by atoms with E-state index in [4.69, 9.17) is 28.7 Å². The van der Waals surface area contributed by atoms with Gasteiger partial charge in [0.1, 0.15) is 23.9 Å². The predicted octanol–water partition coefficient (Wildman–Crippen LogP) is -0.0465. The number of Topliss-reactive ketones (excluding diaryl/α,β-unsaturated/α-hetero) is 4. The summed E-state index contributed by atoms with van der Waals surface area (Å²) in [7, 11) is 0. The van der Waals surface area contributed by atoms with Crippen LogP contribution in [0.4, 0.5) is 0 Å². The average molecular weight is 1220 g/mol. The van der Waals surface area contributed by atoms with Crippen molar-refractivity contribution in [3.05, 3.63) is 36.5 Å². The van der Waals surface area contributed by atoms with Crippen LogP contribution in [-0.4, -0.2) is 162 Å². The fourth-order valence-electron chi connectivity index (χ4n) is 10.1. The summed E-state index contributed by atoms with van der Waals surface area (Å²) in [6.45, 7) is 19.1. The molecule has 1 rings (SSSR count). The second-order valence-electron chi connectivity index (χ2n) is 23.5. The minimum absolute atomic E-state index is 0.0275. The molecule has 0 aromatic heterocycles. The lowest BCUT2D eigenvalue weighted by Crippen LogP contribution is -2.59. The fraction of sp³-hybridized carbons (Fsp3) is 0.721. The molecule has 13 atom stereocenters. The number of aliphatic hydroxyl groups is 2. The SMILES string of the molecule is C=C/C=C(/C[C@H]1NC(=O)[C@H](CCN)CC(=O)[C@@H](CC(=O)[C@H](CCN)NC(=O)[C@@H](CC(=O)[C@H](CCN)NC(=O)CCCC[C@@H](C)CC)C(C)O)CCNC(=O)[C@H](C(C)O)NC(=O)[C@H](CCN)NC(=O)[C@H](CCN)NC(=O)[C@H](CC(C)C)CC1=O)C(=C)C. The van der Waals surface area contributed by atoms with E-state index in [1.165, 1.54) is 19.9 Å². The zero-order chi connectivity index (χ0) is 65.2. The van der Waals surface area contributed by atoms with Gasteiger partial charge in [-0.3, -0.25) is 52.7 Å². The number of carbonyl (C=O) groups is 11. The van der Waals surface area contributed by atoms with E-state index in [0.717, 1.165) is 19.3 Å². The van der Waals surface area contributed by atoms with E-state index in [1.807, 2.05) is 13.8 Å². The van der Waals surface area contributed by atoms with Crippen LogP contribution >= 0.6 is 0 Å². The van der Waals surface area contributed by atoms with Gasteiger partial charge in [-0.15, -0.1) is 0 Å². The van der Waals surface area contributed by atoms with Gasteiger partial charge in [0, 0.05) is 56.4 Å². The molecule has 0 saturated carbocycles. The highest BCUT2D eigenvalue weighted by atomic mass is 16.3. The van der Waals surface area contributed by atoms with Crippen LogP contribution in [0.1, 0.15) is 158 Å². The highest BCUT2D eigenvalue weighted by molar-refractivity contribution is 5.99. The van der Waals surface area contributed by atoms with Gasteiger partial charge in [0.25, 0.3) is 0 Å². The van der Waals surface area contributed by atoms with Crippen LogP contribution in [-0.2, 0) is 52.7 Å². The van der Waals surface area contributed by atoms with Crippen molar-refractivity contribution in [2.24, 2.45) is 64.2 Å². The maximum Gasteiger partial charge on any atom is 0.245 e. The number of carbonyl (C=O) groups excluding carboxylic acids is 11. The molecular formula is C61H106N12O13. The molecule has 0 aromatic rings. The zero-order valence-corrected chi connectivity index (χ0v) is 52.2. The van der Waals surface area contributed by atoms with Crippen LogP contribution < -0.4 is 65.9 Å². The molecule has 0 aromatic carbocycles. The molecule has 25 nitrogen and oxygen atoms in total. The summed E-state index contributed by atoms with van der Waals surface area (Å²) in [5.74, 6) is -12.5. The van der Waals surface area contributed by atoms with E-state index in [0.29, 0.717) is 23.5 Å². The van der Waals surface area contributed by atoms with Crippen LogP contribution in [0.5, 0.6) is 0 Å². The molecule has 2 unspecified atom stereocenters. The number of amides is 7. The topological polar surface area (TPSA) is 443 Å². The molecule has 1 aliphatic heterocycles. The van der Waals surface area contributed by atoms with Crippen LogP contribution in [0.15, 0.2) is 36.5 Å². The molecule has 0 spiro atoms. The number of hydrogen-bond donors (Lipinski definition) is 14. The number of aliphatic hydroxyl groups excluding tert-OH is 2. The summed E-state index contributed by atoms with van der Waals surface area (Å²) in [5, 5.41) is 40.1. The summed E-state index contributed by atoms with van der Waals surface area (Å²) in [4.78, 5) is 155. The quantitative estimate of drug-likeness (QED) is 0.0303. The number of unbranched alkanes of at least 4 members (excludes halogenated alkanes) is 1. The van der Waals surface area contributed by atoms with Crippen molar-refractivity contribution in [3.63, 3.8) is 0 Å². The predicted molar refractivity (Wildman–Crippen MR) is 328 cm³/mol. The second-order valence-corrected chi connectivity index (χ2v) is 23.5. The molecule has 0 bridgehead atoms. The Bertz CT molecular complexity index is 2290. The molecule has 86 heavy (non-hydrogen) atoms. The number of rotatable bonds is 33. The zero-order valence-electron chi connectivity index (χ0n) is 52.2. The van der Waals surface area contributed by atoms with E-state index < -0.39 is 156 Å². The first-order chi connectivity index (χ1) is 40.6.